The highest BCUT2D eigenvalue weighted by molar-refractivity contribution is 5.95. The van der Waals surface area contributed by atoms with E-state index in [1.807, 2.05) is 0 Å². The van der Waals surface area contributed by atoms with Gasteiger partial charge in [0, 0.05) is 5.56 Å². The molecule has 0 fully saturated rings. The summed E-state index contributed by atoms with van der Waals surface area (Å²) in [5.74, 6) is 4.08. The zero-order valence-corrected chi connectivity index (χ0v) is 8.27. The van der Waals surface area contributed by atoms with Crippen LogP contribution in [0, 0.1) is 0 Å². The maximum Gasteiger partial charge on any atom is 0.267 e. The number of nitrogens with one attached hydrogen (secondary N) is 1. The largest absolute Gasteiger partial charge is 0.290 e. The minimum Gasteiger partial charge on any atom is -0.290 e. The SMILES string of the molecule is NNC(=O)c1cc(CF)c(CF)nc1CF. The van der Waals surface area contributed by atoms with Crippen LogP contribution >= 0.6 is 0 Å². The van der Waals surface area contributed by atoms with Crippen molar-refractivity contribution in [3.63, 3.8) is 0 Å². The Hall–Kier alpha value is -1.63. The summed E-state index contributed by atoms with van der Waals surface area (Å²) in [4.78, 5) is 14.7. The first-order valence-corrected chi connectivity index (χ1v) is 4.38. The molecular weight excluding hydrogens is 223 g/mol. The number of nitrogen functional groups attached to an aromatic ring is 1. The standard InChI is InChI=1S/C9H10F3N3O/c10-2-5-1-6(9(16)15-13)8(4-12)14-7(5)3-11/h1H,2-4,13H2,(H,15,16). The molecule has 7 heteroatoms. The summed E-state index contributed by atoms with van der Waals surface area (Å²) >= 11 is 0. The quantitative estimate of drug-likeness (QED) is 0.464. The first-order valence-electron chi connectivity index (χ1n) is 4.38. The molecule has 3 N–H and O–H groups in total. The van der Waals surface area contributed by atoms with Crippen LogP contribution in [0.5, 0.6) is 0 Å². The Morgan fingerprint density at radius 2 is 1.88 bits per heavy atom. The van der Waals surface area contributed by atoms with E-state index < -0.39 is 25.9 Å². The number of carbonyl (C=O) groups excluding carboxylic acids is 1. The number of aromatic nitrogens is 1. The number of alkyl halides is 3. The number of nitrogens with zero attached hydrogens (tertiary/aromatic N) is 1. The topological polar surface area (TPSA) is 68.0 Å². The average Bonchev–Trinajstić information content (AvgIpc) is 2.35. The minimum absolute atomic E-state index is 0.0849. The smallest absolute Gasteiger partial charge is 0.267 e. The molecule has 1 amide bonds. The third-order valence-electron chi connectivity index (χ3n) is 2.04. The van der Waals surface area contributed by atoms with Crippen LogP contribution in [-0.2, 0) is 20.0 Å². The highest BCUT2D eigenvalue weighted by Gasteiger charge is 2.16. The number of hydrogen-bond acceptors (Lipinski definition) is 3. The van der Waals surface area contributed by atoms with E-state index in [0.29, 0.717) is 0 Å². The van der Waals surface area contributed by atoms with E-state index >= 15 is 0 Å². The molecule has 0 saturated carbocycles. The Morgan fingerprint density at radius 1 is 1.25 bits per heavy atom. The first-order chi connectivity index (χ1) is 7.67. The normalized spacial score (nSPS) is 10.2. The fourth-order valence-electron chi connectivity index (χ4n) is 1.24. The van der Waals surface area contributed by atoms with Crippen LogP contribution in [0.3, 0.4) is 0 Å². The Balaban J connectivity index is 3.31. The van der Waals surface area contributed by atoms with Crippen LogP contribution in [0.25, 0.3) is 0 Å². The number of nitrogens with two attached hydrogens (primary N) is 1. The van der Waals surface area contributed by atoms with Gasteiger partial charge in [-0.2, -0.15) is 0 Å². The second-order valence-corrected chi connectivity index (χ2v) is 2.96. The third-order valence-corrected chi connectivity index (χ3v) is 2.04. The Morgan fingerprint density at radius 3 is 2.31 bits per heavy atom. The molecule has 0 bridgehead atoms. The molecule has 0 aromatic carbocycles. The molecule has 0 atom stereocenters. The number of rotatable bonds is 4. The van der Waals surface area contributed by atoms with Crippen LogP contribution < -0.4 is 11.3 Å². The second-order valence-electron chi connectivity index (χ2n) is 2.96. The van der Waals surface area contributed by atoms with Gasteiger partial charge in [0.15, 0.2) is 0 Å². The summed E-state index contributed by atoms with van der Waals surface area (Å²) < 4.78 is 37.5. The van der Waals surface area contributed by atoms with Gasteiger partial charge in [-0.3, -0.25) is 15.2 Å². The van der Waals surface area contributed by atoms with Crippen LogP contribution in [0.1, 0.15) is 27.3 Å². The molecule has 1 aromatic heterocycles. The number of hydrogen-bond donors (Lipinski definition) is 2. The predicted octanol–water partition coefficient (Wildman–Crippen LogP) is 1.09. The summed E-state index contributed by atoms with van der Waals surface area (Å²) in [6.07, 6.45) is 0. The Labute approximate surface area is 89.6 Å². The Kier molecular flexibility index (Phi) is 4.24. The van der Waals surface area contributed by atoms with Gasteiger partial charge in [0.1, 0.15) is 20.0 Å². The van der Waals surface area contributed by atoms with Crippen LogP contribution in [-0.4, -0.2) is 10.9 Å². The van der Waals surface area contributed by atoms with E-state index in [2.05, 4.69) is 4.98 Å². The van der Waals surface area contributed by atoms with Crippen molar-refractivity contribution in [2.45, 2.75) is 20.0 Å². The van der Waals surface area contributed by atoms with Gasteiger partial charge in [-0.1, -0.05) is 0 Å². The van der Waals surface area contributed by atoms with Crippen molar-refractivity contribution in [2.24, 2.45) is 5.84 Å². The minimum atomic E-state index is -1.05. The molecule has 0 saturated heterocycles. The van der Waals surface area contributed by atoms with Crippen molar-refractivity contribution in [2.75, 3.05) is 0 Å². The van der Waals surface area contributed by atoms with E-state index in [1.54, 1.807) is 5.43 Å². The van der Waals surface area contributed by atoms with Gasteiger partial charge < -0.3 is 0 Å². The molecule has 0 unspecified atom stereocenters. The highest BCUT2D eigenvalue weighted by atomic mass is 19.1. The second kappa shape index (κ2) is 5.45. The zero-order chi connectivity index (χ0) is 12.1. The average molecular weight is 233 g/mol. The molecule has 1 heterocycles. The number of carbonyl (C=O) groups is 1. The number of amides is 1. The fourth-order valence-corrected chi connectivity index (χ4v) is 1.24. The number of hydrazine groups is 1. The molecule has 88 valence electrons. The molecule has 1 aromatic rings. The van der Waals surface area contributed by atoms with E-state index in [-0.39, 0.29) is 22.5 Å². The van der Waals surface area contributed by atoms with Gasteiger partial charge in [-0.15, -0.1) is 0 Å². The molecule has 0 radical (unpaired) electrons. The fraction of sp³-hybridized carbons (Fsp3) is 0.333. The van der Waals surface area contributed by atoms with E-state index in [1.165, 1.54) is 0 Å². The molecule has 0 aliphatic carbocycles. The molecule has 16 heavy (non-hydrogen) atoms. The lowest BCUT2D eigenvalue weighted by molar-refractivity contribution is 0.0951. The molecular formula is C9H10F3N3O. The van der Waals surface area contributed by atoms with Gasteiger partial charge in [0.05, 0.1) is 17.0 Å². The molecule has 0 aliphatic rings. The zero-order valence-electron chi connectivity index (χ0n) is 8.27. The molecule has 4 nitrogen and oxygen atoms in total. The summed E-state index contributed by atoms with van der Waals surface area (Å²) in [6, 6.07) is 1.05. The van der Waals surface area contributed by atoms with Gasteiger partial charge in [0.25, 0.3) is 5.91 Å². The lowest BCUT2D eigenvalue weighted by Crippen LogP contribution is -2.31. The van der Waals surface area contributed by atoms with Gasteiger partial charge >= 0.3 is 0 Å². The van der Waals surface area contributed by atoms with Crippen molar-refractivity contribution in [3.8, 4) is 0 Å². The Bertz CT molecular complexity index is 398. The van der Waals surface area contributed by atoms with Gasteiger partial charge in [0.2, 0.25) is 0 Å². The number of pyridine rings is 1. The van der Waals surface area contributed by atoms with Gasteiger partial charge in [-0.05, 0) is 6.07 Å². The summed E-state index contributed by atoms with van der Waals surface area (Å²) in [6.45, 7) is -3.05. The third kappa shape index (κ3) is 2.30. The van der Waals surface area contributed by atoms with E-state index in [0.717, 1.165) is 6.07 Å². The van der Waals surface area contributed by atoms with E-state index in [4.69, 9.17) is 5.84 Å². The van der Waals surface area contributed by atoms with Crippen molar-refractivity contribution >= 4 is 5.91 Å². The van der Waals surface area contributed by atoms with Crippen LogP contribution in [0.15, 0.2) is 6.07 Å². The summed E-state index contributed by atoms with van der Waals surface area (Å²) in [5.41, 5.74) is 1.05. The lowest BCUT2D eigenvalue weighted by Gasteiger charge is -2.09. The lowest BCUT2D eigenvalue weighted by atomic mass is 10.1. The summed E-state index contributed by atoms with van der Waals surface area (Å²) in [7, 11) is 0. The highest BCUT2D eigenvalue weighted by Crippen LogP contribution is 2.17. The van der Waals surface area contributed by atoms with Gasteiger partial charge in [-0.25, -0.2) is 19.0 Å². The molecule has 0 aliphatic heterocycles. The summed E-state index contributed by atoms with van der Waals surface area (Å²) in [5, 5.41) is 0. The van der Waals surface area contributed by atoms with Crippen LogP contribution in [0.4, 0.5) is 13.2 Å². The maximum absolute atomic E-state index is 12.5. The molecule has 1 rings (SSSR count). The number of halogens is 3. The first kappa shape index (κ1) is 12.4. The predicted molar refractivity (Wildman–Crippen MR) is 50.3 cm³/mol. The van der Waals surface area contributed by atoms with Crippen molar-refractivity contribution in [1.82, 2.24) is 10.4 Å². The van der Waals surface area contributed by atoms with E-state index in [9.17, 15) is 18.0 Å². The maximum atomic E-state index is 12.5. The van der Waals surface area contributed by atoms with Crippen molar-refractivity contribution < 1.29 is 18.0 Å². The monoisotopic (exact) mass is 233 g/mol. The van der Waals surface area contributed by atoms with Crippen molar-refractivity contribution in [3.05, 3.63) is 28.6 Å². The van der Waals surface area contributed by atoms with Crippen LogP contribution in [0.2, 0.25) is 0 Å². The molecule has 0 spiro atoms. The van der Waals surface area contributed by atoms with Crippen molar-refractivity contribution in [1.29, 1.82) is 0 Å².